The minimum absolute atomic E-state index is 0.625. The lowest BCUT2D eigenvalue weighted by Crippen LogP contribution is -2.33. The molecule has 0 radical (unpaired) electrons. The van der Waals surface area contributed by atoms with Gasteiger partial charge in [0.2, 0.25) is 0 Å². The topological polar surface area (TPSA) is 15.3 Å². The van der Waals surface area contributed by atoms with Crippen LogP contribution in [0.15, 0.2) is 12.7 Å². The summed E-state index contributed by atoms with van der Waals surface area (Å²) in [7, 11) is 0. The van der Waals surface area contributed by atoms with Crippen LogP contribution in [-0.4, -0.2) is 37.1 Å². The van der Waals surface area contributed by atoms with Crippen LogP contribution in [0.25, 0.3) is 0 Å². The van der Waals surface area contributed by atoms with Gasteiger partial charge in [-0.15, -0.1) is 6.58 Å². The van der Waals surface area contributed by atoms with Gasteiger partial charge in [0.25, 0.3) is 0 Å². The summed E-state index contributed by atoms with van der Waals surface area (Å²) in [5.41, 5.74) is 0. The molecule has 2 nitrogen and oxygen atoms in total. The Hall–Kier alpha value is -0.340. The van der Waals surface area contributed by atoms with Crippen molar-refractivity contribution in [2.24, 2.45) is 0 Å². The van der Waals surface area contributed by atoms with Gasteiger partial charge < -0.3 is 5.32 Å². The van der Waals surface area contributed by atoms with Crippen molar-refractivity contribution < 1.29 is 0 Å². The summed E-state index contributed by atoms with van der Waals surface area (Å²) in [6.07, 6.45) is 3.20. The van der Waals surface area contributed by atoms with Gasteiger partial charge in [-0.3, -0.25) is 4.90 Å². The summed E-state index contributed by atoms with van der Waals surface area (Å²) >= 11 is 0. The van der Waals surface area contributed by atoms with Crippen LogP contribution in [0.1, 0.15) is 27.2 Å². The molecule has 0 saturated heterocycles. The van der Waals surface area contributed by atoms with Crippen molar-refractivity contribution in [1.82, 2.24) is 10.2 Å². The average Bonchev–Trinajstić information content (AvgIpc) is 2.10. The molecular weight excluding hydrogens is 160 g/mol. The molecule has 0 aromatic carbocycles. The van der Waals surface area contributed by atoms with Crippen molar-refractivity contribution in [3.8, 4) is 0 Å². The average molecular weight is 184 g/mol. The summed E-state index contributed by atoms with van der Waals surface area (Å²) in [5, 5.41) is 3.33. The van der Waals surface area contributed by atoms with Crippen LogP contribution in [-0.2, 0) is 0 Å². The number of hydrogen-bond donors (Lipinski definition) is 1. The van der Waals surface area contributed by atoms with Crippen LogP contribution >= 0.6 is 0 Å². The summed E-state index contributed by atoms with van der Waals surface area (Å²) in [6.45, 7) is 14.7. The highest BCUT2D eigenvalue weighted by Gasteiger charge is 2.05. The molecule has 0 aliphatic rings. The van der Waals surface area contributed by atoms with Crippen LogP contribution in [0.3, 0.4) is 0 Å². The number of hydrogen-bond acceptors (Lipinski definition) is 2. The second-order valence-corrected chi connectivity index (χ2v) is 3.58. The highest BCUT2D eigenvalue weighted by Crippen LogP contribution is 1.98. The molecule has 13 heavy (non-hydrogen) atoms. The quantitative estimate of drug-likeness (QED) is 0.458. The maximum Gasteiger partial charge on any atom is 0.0163 e. The predicted octanol–water partition coefficient (Wildman–Crippen LogP) is 1.88. The van der Waals surface area contributed by atoms with Crippen molar-refractivity contribution in [1.29, 1.82) is 0 Å². The summed E-state index contributed by atoms with van der Waals surface area (Å²) in [4.78, 5) is 2.43. The van der Waals surface area contributed by atoms with Gasteiger partial charge in [0.05, 0.1) is 0 Å². The first-order valence-electron chi connectivity index (χ1n) is 5.28. The van der Waals surface area contributed by atoms with Gasteiger partial charge in [0.1, 0.15) is 0 Å². The molecule has 78 valence electrons. The molecule has 0 aromatic heterocycles. The molecule has 2 heteroatoms. The van der Waals surface area contributed by atoms with E-state index in [1.165, 1.54) is 6.42 Å². The molecule has 0 atom stereocenters. The van der Waals surface area contributed by atoms with Crippen molar-refractivity contribution in [3.63, 3.8) is 0 Å². The lowest BCUT2D eigenvalue weighted by Gasteiger charge is -2.24. The largest absolute Gasteiger partial charge is 0.317 e. The van der Waals surface area contributed by atoms with E-state index in [1.54, 1.807) is 0 Å². The monoisotopic (exact) mass is 184 g/mol. The van der Waals surface area contributed by atoms with Crippen molar-refractivity contribution in [2.75, 3.05) is 26.2 Å². The van der Waals surface area contributed by atoms with Crippen molar-refractivity contribution in [3.05, 3.63) is 12.7 Å². The van der Waals surface area contributed by atoms with E-state index in [0.717, 1.165) is 26.2 Å². The van der Waals surface area contributed by atoms with Gasteiger partial charge in [-0.2, -0.15) is 0 Å². The minimum Gasteiger partial charge on any atom is -0.317 e. The third kappa shape index (κ3) is 6.79. The van der Waals surface area contributed by atoms with Crippen molar-refractivity contribution in [2.45, 2.75) is 33.2 Å². The summed E-state index contributed by atoms with van der Waals surface area (Å²) in [6, 6.07) is 0.625. The third-order valence-electron chi connectivity index (χ3n) is 2.14. The molecule has 0 fully saturated rings. The van der Waals surface area contributed by atoms with E-state index in [0.29, 0.717) is 6.04 Å². The van der Waals surface area contributed by atoms with E-state index < -0.39 is 0 Å². The van der Waals surface area contributed by atoms with Crippen LogP contribution in [0.2, 0.25) is 0 Å². The first-order valence-corrected chi connectivity index (χ1v) is 5.28. The Morgan fingerprint density at radius 2 is 2.15 bits per heavy atom. The standard InChI is InChI=1S/C11H24N2/c1-5-9-13(11(3)4)10-7-8-12-6-2/h5,11-12H,1,6-10H2,2-4H3. The molecule has 0 aromatic rings. The fourth-order valence-corrected chi connectivity index (χ4v) is 1.31. The van der Waals surface area contributed by atoms with Crippen molar-refractivity contribution >= 4 is 0 Å². The van der Waals surface area contributed by atoms with E-state index >= 15 is 0 Å². The smallest absolute Gasteiger partial charge is 0.0163 e. The van der Waals surface area contributed by atoms with E-state index in [2.05, 4.69) is 37.6 Å². The molecule has 0 spiro atoms. The van der Waals surface area contributed by atoms with E-state index in [4.69, 9.17) is 0 Å². The second kappa shape index (κ2) is 8.27. The molecule has 0 rings (SSSR count). The molecule has 0 aliphatic heterocycles. The molecule has 0 saturated carbocycles. The Kier molecular flexibility index (Phi) is 8.05. The Morgan fingerprint density at radius 3 is 2.62 bits per heavy atom. The highest BCUT2D eigenvalue weighted by molar-refractivity contribution is 4.75. The van der Waals surface area contributed by atoms with E-state index in [-0.39, 0.29) is 0 Å². The SMILES string of the molecule is C=CCN(CCCNCC)C(C)C. The van der Waals surface area contributed by atoms with Crippen LogP contribution < -0.4 is 5.32 Å². The van der Waals surface area contributed by atoms with Crippen LogP contribution in [0.5, 0.6) is 0 Å². The van der Waals surface area contributed by atoms with Crippen LogP contribution in [0, 0.1) is 0 Å². The summed E-state index contributed by atoms with van der Waals surface area (Å²) in [5.74, 6) is 0. The number of rotatable bonds is 8. The first-order chi connectivity index (χ1) is 6.22. The van der Waals surface area contributed by atoms with E-state index in [9.17, 15) is 0 Å². The van der Waals surface area contributed by atoms with Gasteiger partial charge >= 0.3 is 0 Å². The lowest BCUT2D eigenvalue weighted by molar-refractivity contribution is 0.242. The predicted molar refractivity (Wildman–Crippen MR) is 60.1 cm³/mol. The van der Waals surface area contributed by atoms with Gasteiger partial charge in [-0.1, -0.05) is 13.0 Å². The Bertz CT molecular complexity index is 121. The molecule has 1 N–H and O–H groups in total. The molecule has 0 bridgehead atoms. The van der Waals surface area contributed by atoms with Gasteiger partial charge in [-0.05, 0) is 39.9 Å². The zero-order valence-corrected chi connectivity index (χ0v) is 9.34. The molecule has 0 aliphatic carbocycles. The first kappa shape index (κ1) is 12.7. The molecular formula is C11H24N2. The van der Waals surface area contributed by atoms with Gasteiger partial charge in [0.15, 0.2) is 0 Å². The number of nitrogens with one attached hydrogen (secondary N) is 1. The van der Waals surface area contributed by atoms with E-state index in [1.807, 2.05) is 6.08 Å². The third-order valence-corrected chi connectivity index (χ3v) is 2.14. The Morgan fingerprint density at radius 1 is 1.46 bits per heavy atom. The zero-order chi connectivity index (χ0) is 10.1. The lowest BCUT2D eigenvalue weighted by atomic mass is 10.3. The Balaban J connectivity index is 3.50. The fourth-order valence-electron chi connectivity index (χ4n) is 1.31. The second-order valence-electron chi connectivity index (χ2n) is 3.58. The van der Waals surface area contributed by atoms with Crippen LogP contribution in [0.4, 0.5) is 0 Å². The summed E-state index contributed by atoms with van der Waals surface area (Å²) < 4.78 is 0. The normalized spacial score (nSPS) is 11.2. The zero-order valence-electron chi connectivity index (χ0n) is 9.34. The molecule has 0 amide bonds. The Labute approximate surface area is 83.0 Å². The van der Waals surface area contributed by atoms with Gasteiger partial charge in [0, 0.05) is 12.6 Å². The fraction of sp³-hybridized carbons (Fsp3) is 0.818. The number of nitrogens with zero attached hydrogens (tertiary/aromatic N) is 1. The molecule has 0 heterocycles. The van der Waals surface area contributed by atoms with Gasteiger partial charge in [-0.25, -0.2) is 0 Å². The highest BCUT2D eigenvalue weighted by atomic mass is 15.1. The maximum atomic E-state index is 3.77. The minimum atomic E-state index is 0.625. The molecule has 0 unspecified atom stereocenters. The maximum absolute atomic E-state index is 3.77.